The number of likely N-dealkylation sites (tertiary alicyclic amines) is 1. The molecule has 1 saturated carbocycles. The van der Waals surface area contributed by atoms with Gasteiger partial charge in [-0.05, 0) is 76.6 Å². The first-order valence-electron chi connectivity index (χ1n) is 11.7. The Kier molecular flexibility index (Phi) is 6.61. The third-order valence-electron chi connectivity index (χ3n) is 6.27. The molecule has 0 unspecified atom stereocenters. The number of ether oxygens (including phenoxy) is 1. The fourth-order valence-corrected chi connectivity index (χ4v) is 4.50. The van der Waals surface area contributed by atoms with Gasteiger partial charge in [0.2, 0.25) is 0 Å². The van der Waals surface area contributed by atoms with E-state index >= 15 is 0 Å². The number of aromatic nitrogens is 1. The highest BCUT2D eigenvalue weighted by Gasteiger charge is 2.34. The number of nitrogens with zero attached hydrogens (tertiary/aromatic N) is 3. The Hall–Kier alpha value is -2.40. The summed E-state index contributed by atoms with van der Waals surface area (Å²) in [4.78, 5) is 22.0. The molecule has 1 aliphatic heterocycles. The van der Waals surface area contributed by atoms with Crippen molar-refractivity contribution >= 4 is 11.9 Å². The van der Waals surface area contributed by atoms with Gasteiger partial charge in [0.25, 0.3) is 0 Å². The summed E-state index contributed by atoms with van der Waals surface area (Å²) in [5.41, 5.74) is 2.07. The van der Waals surface area contributed by atoms with Crippen LogP contribution in [0.3, 0.4) is 0 Å². The van der Waals surface area contributed by atoms with Crippen LogP contribution in [0.25, 0.3) is 0 Å². The van der Waals surface area contributed by atoms with E-state index in [4.69, 9.17) is 9.72 Å². The fraction of sp³-hybridized carbons (Fsp3) is 0.538. The van der Waals surface area contributed by atoms with Crippen molar-refractivity contribution in [3.63, 3.8) is 0 Å². The first-order valence-corrected chi connectivity index (χ1v) is 11.7. The zero-order valence-electron chi connectivity index (χ0n) is 19.1. The number of carbonyl (C=O) groups is 1. The summed E-state index contributed by atoms with van der Waals surface area (Å²) < 4.78 is 5.68. The second-order valence-electron chi connectivity index (χ2n) is 9.85. The number of benzene rings is 1. The minimum Gasteiger partial charge on any atom is -0.443 e. The zero-order valence-corrected chi connectivity index (χ0v) is 19.1. The first kappa shape index (κ1) is 21.8. The van der Waals surface area contributed by atoms with Crippen LogP contribution in [0.15, 0.2) is 48.7 Å². The van der Waals surface area contributed by atoms with Crippen LogP contribution >= 0.6 is 0 Å². The Morgan fingerprint density at radius 3 is 2.45 bits per heavy atom. The highest BCUT2D eigenvalue weighted by atomic mass is 16.6. The van der Waals surface area contributed by atoms with Gasteiger partial charge in [0, 0.05) is 24.8 Å². The molecule has 2 aliphatic rings. The van der Waals surface area contributed by atoms with Crippen molar-refractivity contribution in [2.24, 2.45) is 0 Å². The Bertz CT molecular complexity index is 856. The van der Waals surface area contributed by atoms with Crippen LogP contribution < -0.4 is 4.90 Å². The molecule has 1 aliphatic carbocycles. The second-order valence-corrected chi connectivity index (χ2v) is 9.85. The smallest absolute Gasteiger partial charge is 0.416 e. The molecular formula is C26H35N3O2. The monoisotopic (exact) mass is 421 g/mol. The number of pyridine rings is 1. The molecular weight excluding hydrogens is 386 g/mol. The van der Waals surface area contributed by atoms with Gasteiger partial charge < -0.3 is 4.74 Å². The molecule has 1 atom stereocenters. The topological polar surface area (TPSA) is 45.7 Å². The Morgan fingerprint density at radius 2 is 1.84 bits per heavy atom. The van der Waals surface area contributed by atoms with E-state index in [1.807, 2.05) is 33.0 Å². The summed E-state index contributed by atoms with van der Waals surface area (Å²) in [5, 5.41) is 0. The lowest BCUT2D eigenvalue weighted by molar-refractivity contribution is 0.0548. The van der Waals surface area contributed by atoms with E-state index in [-0.39, 0.29) is 12.1 Å². The Morgan fingerprint density at radius 1 is 1.06 bits per heavy atom. The molecule has 2 fully saturated rings. The van der Waals surface area contributed by atoms with E-state index < -0.39 is 5.60 Å². The number of hydrogen-bond acceptors (Lipinski definition) is 4. The number of amides is 1. The molecule has 0 spiro atoms. The van der Waals surface area contributed by atoms with Crippen LogP contribution in [-0.2, 0) is 11.3 Å². The van der Waals surface area contributed by atoms with E-state index in [2.05, 4.69) is 41.3 Å². The van der Waals surface area contributed by atoms with E-state index in [0.717, 1.165) is 38.8 Å². The molecule has 166 valence electrons. The van der Waals surface area contributed by atoms with Crippen molar-refractivity contribution in [3.8, 4) is 0 Å². The van der Waals surface area contributed by atoms with Gasteiger partial charge in [0.15, 0.2) is 0 Å². The van der Waals surface area contributed by atoms with Crippen LogP contribution in [0, 0.1) is 0 Å². The predicted molar refractivity (Wildman–Crippen MR) is 124 cm³/mol. The summed E-state index contributed by atoms with van der Waals surface area (Å²) in [6, 6.07) is 15.4. The Balaban J connectivity index is 1.51. The van der Waals surface area contributed by atoms with Gasteiger partial charge in [-0.15, -0.1) is 0 Å². The molecule has 1 saturated heterocycles. The molecule has 0 bridgehead atoms. The maximum atomic E-state index is 12.9. The minimum absolute atomic E-state index is 0.192. The third kappa shape index (κ3) is 5.45. The number of anilines is 1. The highest BCUT2D eigenvalue weighted by molar-refractivity contribution is 5.87. The van der Waals surface area contributed by atoms with Crippen molar-refractivity contribution < 1.29 is 9.53 Å². The number of piperidine rings is 1. The Labute approximate surface area is 186 Å². The average molecular weight is 422 g/mol. The van der Waals surface area contributed by atoms with Crippen molar-refractivity contribution in [3.05, 3.63) is 59.8 Å². The van der Waals surface area contributed by atoms with Gasteiger partial charge in [-0.25, -0.2) is 9.78 Å². The molecule has 1 aromatic heterocycles. The van der Waals surface area contributed by atoms with Crippen LogP contribution in [-0.4, -0.2) is 34.2 Å². The summed E-state index contributed by atoms with van der Waals surface area (Å²) in [6.07, 6.45) is 8.48. The van der Waals surface area contributed by atoms with Gasteiger partial charge in [0.05, 0.1) is 0 Å². The number of hydrogen-bond donors (Lipinski definition) is 0. The summed E-state index contributed by atoms with van der Waals surface area (Å²) in [7, 11) is 0. The lowest BCUT2D eigenvalue weighted by Crippen LogP contribution is -2.47. The molecule has 5 nitrogen and oxygen atoms in total. The van der Waals surface area contributed by atoms with Gasteiger partial charge >= 0.3 is 6.09 Å². The molecule has 0 N–H and O–H groups in total. The highest BCUT2D eigenvalue weighted by Crippen LogP contribution is 2.34. The SMILES string of the molecule is CC(C)(C)OC(=O)N(c1ccc([C@H]2CCCCN2Cc2ccccc2)cn1)C1CCC1. The first-order chi connectivity index (χ1) is 14.9. The molecule has 31 heavy (non-hydrogen) atoms. The lowest BCUT2D eigenvalue weighted by Gasteiger charge is -2.38. The number of rotatable bonds is 5. The molecule has 0 radical (unpaired) electrons. The minimum atomic E-state index is -0.515. The standard InChI is InChI=1S/C26H35N3O2/c1-26(2,3)31-25(30)29(22-12-9-13-22)24-16-15-21(18-27-24)23-14-7-8-17-28(23)19-20-10-5-4-6-11-20/h4-6,10-11,15-16,18,22-23H,7-9,12-14,17,19H2,1-3H3/t23-/m1/s1. The van der Waals surface area contributed by atoms with Crippen molar-refractivity contribution in [1.29, 1.82) is 0 Å². The molecule has 2 heterocycles. The van der Waals surface area contributed by atoms with E-state index in [9.17, 15) is 4.79 Å². The molecule has 1 aromatic carbocycles. The van der Waals surface area contributed by atoms with E-state index in [1.165, 1.54) is 24.0 Å². The van der Waals surface area contributed by atoms with E-state index in [1.54, 1.807) is 4.90 Å². The van der Waals surface area contributed by atoms with Crippen LogP contribution in [0.1, 0.15) is 76.5 Å². The van der Waals surface area contributed by atoms with Crippen molar-refractivity contribution in [2.45, 2.75) is 83.5 Å². The van der Waals surface area contributed by atoms with Crippen molar-refractivity contribution in [2.75, 3.05) is 11.4 Å². The van der Waals surface area contributed by atoms with E-state index in [0.29, 0.717) is 11.9 Å². The second kappa shape index (κ2) is 9.39. The average Bonchev–Trinajstić information content (AvgIpc) is 2.71. The summed E-state index contributed by atoms with van der Waals surface area (Å²) >= 11 is 0. The quantitative estimate of drug-likeness (QED) is 0.585. The van der Waals surface area contributed by atoms with Gasteiger partial charge in [-0.3, -0.25) is 9.80 Å². The molecule has 4 rings (SSSR count). The normalized spacial score (nSPS) is 20.2. The fourth-order valence-electron chi connectivity index (χ4n) is 4.50. The predicted octanol–water partition coefficient (Wildman–Crippen LogP) is 6.10. The summed E-state index contributed by atoms with van der Waals surface area (Å²) in [5.74, 6) is 0.702. The van der Waals surface area contributed by atoms with Gasteiger partial charge in [0.1, 0.15) is 11.4 Å². The van der Waals surface area contributed by atoms with Crippen LogP contribution in [0.4, 0.5) is 10.6 Å². The maximum Gasteiger partial charge on any atom is 0.416 e. The number of carbonyl (C=O) groups excluding carboxylic acids is 1. The van der Waals surface area contributed by atoms with Crippen LogP contribution in [0.5, 0.6) is 0 Å². The maximum absolute atomic E-state index is 12.9. The van der Waals surface area contributed by atoms with Crippen molar-refractivity contribution in [1.82, 2.24) is 9.88 Å². The molecule has 1 amide bonds. The van der Waals surface area contributed by atoms with Gasteiger partial charge in [-0.1, -0.05) is 42.8 Å². The van der Waals surface area contributed by atoms with Gasteiger partial charge in [-0.2, -0.15) is 0 Å². The largest absolute Gasteiger partial charge is 0.443 e. The van der Waals surface area contributed by atoms with Crippen LogP contribution in [0.2, 0.25) is 0 Å². The molecule has 5 heteroatoms. The molecule has 2 aromatic rings. The zero-order chi connectivity index (χ0) is 21.8. The third-order valence-corrected chi connectivity index (χ3v) is 6.27. The lowest BCUT2D eigenvalue weighted by atomic mass is 9.91. The summed E-state index contributed by atoms with van der Waals surface area (Å²) in [6.45, 7) is 7.78.